The van der Waals surface area contributed by atoms with Crippen molar-refractivity contribution >= 4 is 45.2 Å². The molecule has 4 rings (SSSR count). The molecule has 3 aromatic rings. The molecule has 13 nitrogen and oxygen atoms in total. The number of aromatic hydroxyl groups is 1. The smallest absolute Gasteiger partial charge is 0.306 e. The van der Waals surface area contributed by atoms with E-state index >= 15 is 0 Å². The Balaban J connectivity index is 1.31. The van der Waals surface area contributed by atoms with Crippen LogP contribution in [0.15, 0.2) is 18.2 Å². The minimum absolute atomic E-state index is 0.00610. The average Bonchev–Trinajstić information content (AvgIpc) is 3.55. The normalized spacial score (nSPS) is 13.8. The van der Waals surface area contributed by atoms with Crippen molar-refractivity contribution in [3.8, 4) is 23.3 Å². The Labute approximate surface area is 244 Å². The monoisotopic (exact) mass is 601 g/mol. The number of methoxy groups -OCH3 is 1. The van der Waals surface area contributed by atoms with Crippen molar-refractivity contribution in [3.05, 3.63) is 34.3 Å². The number of rotatable bonds is 14. The van der Waals surface area contributed by atoms with Gasteiger partial charge in [-0.05, 0) is 17.7 Å². The standard InChI is InChI=1S/C28H31N3O10S/c1-14(27(35)36)7-19(32)23-10-17-22(42-23)11-20(33)25(29-17)40-5-4-6-41-26-21(39-3)9-16-12-31(13-18(16)30-26)24(34)8-15(2)28(37)38/h9-11,14-15,33H,4-8,12-13H2,1-3H3,(H,35,36)(H,37,38). The van der Waals surface area contributed by atoms with Crippen LogP contribution in [0.25, 0.3) is 10.2 Å². The molecule has 2 atom stereocenters. The predicted octanol–water partition coefficient (Wildman–Crippen LogP) is 3.50. The highest BCUT2D eigenvalue weighted by atomic mass is 32.1. The van der Waals surface area contributed by atoms with Gasteiger partial charge in [-0.15, -0.1) is 11.3 Å². The Hall–Kier alpha value is -4.46. The Bertz CT molecular complexity index is 1520. The Morgan fingerprint density at radius 2 is 1.62 bits per heavy atom. The molecular weight excluding hydrogens is 570 g/mol. The third-order valence-corrected chi connectivity index (χ3v) is 7.82. The molecular formula is C28H31N3O10S. The van der Waals surface area contributed by atoms with Crippen LogP contribution in [0.4, 0.5) is 0 Å². The van der Waals surface area contributed by atoms with Crippen molar-refractivity contribution in [1.82, 2.24) is 14.9 Å². The van der Waals surface area contributed by atoms with Crippen LogP contribution in [-0.4, -0.2) is 74.1 Å². The second kappa shape index (κ2) is 13.0. The number of carboxylic acids is 2. The number of Topliss-reactive ketones (excluding diaryl/α,β-unsaturated/α-hetero) is 1. The van der Waals surface area contributed by atoms with Gasteiger partial charge in [0.15, 0.2) is 17.3 Å². The van der Waals surface area contributed by atoms with E-state index in [0.717, 1.165) is 16.9 Å². The Morgan fingerprint density at radius 1 is 0.952 bits per heavy atom. The van der Waals surface area contributed by atoms with Crippen LogP contribution in [-0.2, 0) is 27.5 Å². The summed E-state index contributed by atoms with van der Waals surface area (Å²) >= 11 is 1.12. The van der Waals surface area contributed by atoms with Crippen LogP contribution < -0.4 is 14.2 Å². The lowest BCUT2D eigenvalue weighted by Gasteiger charge is -2.16. The summed E-state index contributed by atoms with van der Waals surface area (Å²) in [5, 5.41) is 28.5. The number of nitrogens with zero attached hydrogens (tertiary/aromatic N) is 3. The highest BCUT2D eigenvalue weighted by Crippen LogP contribution is 2.35. The number of amides is 1. The molecule has 224 valence electrons. The maximum absolute atomic E-state index is 12.5. The van der Waals surface area contributed by atoms with E-state index in [4.69, 9.17) is 24.4 Å². The van der Waals surface area contributed by atoms with E-state index in [-0.39, 0.29) is 61.8 Å². The summed E-state index contributed by atoms with van der Waals surface area (Å²) < 4.78 is 17.4. The van der Waals surface area contributed by atoms with Gasteiger partial charge in [-0.3, -0.25) is 19.2 Å². The number of hydrogen-bond donors (Lipinski definition) is 3. The van der Waals surface area contributed by atoms with Gasteiger partial charge < -0.3 is 34.4 Å². The van der Waals surface area contributed by atoms with E-state index in [1.54, 1.807) is 17.0 Å². The molecule has 42 heavy (non-hydrogen) atoms. The van der Waals surface area contributed by atoms with Gasteiger partial charge in [0.25, 0.3) is 11.8 Å². The first kappa shape index (κ1) is 30.5. The largest absolute Gasteiger partial charge is 0.503 e. The molecule has 1 aliphatic rings. The minimum Gasteiger partial charge on any atom is -0.503 e. The van der Waals surface area contributed by atoms with Gasteiger partial charge in [-0.2, -0.15) is 0 Å². The fourth-order valence-electron chi connectivity index (χ4n) is 4.22. The minimum atomic E-state index is -1.05. The van der Waals surface area contributed by atoms with Gasteiger partial charge in [-0.1, -0.05) is 13.8 Å². The van der Waals surface area contributed by atoms with E-state index in [0.29, 0.717) is 39.5 Å². The number of carbonyl (C=O) groups is 4. The van der Waals surface area contributed by atoms with Crippen molar-refractivity contribution < 1.29 is 48.7 Å². The third-order valence-electron chi connectivity index (χ3n) is 6.70. The van der Waals surface area contributed by atoms with Gasteiger partial charge >= 0.3 is 11.9 Å². The average molecular weight is 602 g/mol. The number of ketones is 1. The van der Waals surface area contributed by atoms with Crippen molar-refractivity contribution in [2.45, 2.75) is 46.2 Å². The van der Waals surface area contributed by atoms with Crippen molar-refractivity contribution in [2.24, 2.45) is 11.8 Å². The van der Waals surface area contributed by atoms with Gasteiger partial charge in [0, 0.05) is 31.9 Å². The highest BCUT2D eigenvalue weighted by molar-refractivity contribution is 7.20. The molecule has 2 unspecified atom stereocenters. The molecule has 3 aromatic heterocycles. The van der Waals surface area contributed by atoms with E-state index in [1.807, 2.05) is 0 Å². The van der Waals surface area contributed by atoms with Gasteiger partial charge in [-0.25, -0.2) is 9.97 Å². The summed E-state index contributed by atoms with van der Waals surface area (Å²) in [4.78, 5) is 57.8. The number of fused-ring (bicyclic) bond motifs is 2. The number of aliphatic carboxylic acids is 2. The zero-order chi connectivity index (χ0) is 30.6. The first-order valence-corrected chi connectivity index (χ1v) is 14.0. The third kappa shape index (κ3) is 7.05. The van der Waals surface area contributed by atoms with Crippen LogP contribution in [0.2, 0.25) is 0 Å². The van der Waals surface area contributed by atoms with Gasteiger partial charge in [0.2, 0.25) is 5.91 Å². The molecule has 0 bridgehead atoms. The molecule has 4 heterocycles. The summed E-state index contributed by atoms with van der Waals surface area (Å²) in [5.41, 5.74) is 1.89. The molecule has 0 saturated carbocycles. The molecule has 0 radical (unpaired) electrons. The molecule has 0 aromatic carbocycles. The molecule has 14 heteroatoms. The van der Waals surface area contributed by atoms with Crippen molar-refractivity contribution in [3.63, 3.8) is 0 Å². The first-order valence-electron chi connectivity index (χ1n) is 13.2. The number of carboxylic acid groups (broad SMARTS) is 2. The maximum atomic E-state index is 12.5. The number of thiophene rings is 1. The number of aromatic nitrogens is 2. The number of pyridine rings is 2. The highest BCUT2D eigenvalue weighted by Gasteiger charge is 2.29. The number of hydrogen-bond acceptors (Lipinski definition) is 11. The molecule has 3 N–H and O–H groups in total. The van der Waals surface area contributed by atoms with Crippen molar-refractivity contribution in [1.29, 1.82) is 0 Å². The molecule has 0 fully saturated rings. The summed E-state index contributed by atoms with van der Waals surface area (Å²) in [7, 11) is 1.48. The van der Waals surface area contributed by atoms with Gasteiger partial charge in [0.05, 0.1) is 59.5 Å². The molecule has 0 aliphatic carbocycles. The lowest BCUT2D eigenvalue weighted by Crippen LogP contribution is -2.28. The summed E-state index contributed by atoms with van der Waals surface area (Å²) in [5.74, 6) is -3.80. The Morgan fingerprint density at radius 3 is 2.29 bits per heavy atom. The maximum Gasteiger partial charge on any atom is 0.306 e. The molecule has 0 spiro atoms. The van der Waals surface area contributed by atoms with Gasteiger partial charge in [0.1, 0.15) is 0 Å². The lowest BCUT2D eigenvalue weighted by atomic mass is 10.0. The summed E-state index contributed by atoms with van der Waals surface area (Å²) in [6.07, 6.45) is 0.169. The topological polar surface area (TPSA) is 186 Å². The molecule has 1 amide bonds. The molecule has 0 saturated heterocycles. The van der Waals surface area contributed by atoms with E-state index in [9.17, 15) is 24.3 Å². The zero-order valence-electron chi connectivity index (χ0n) is 23.3. The predicted molar refractivity (Wildman–Crippen MR) is 149 cm³/mol. The van der Waals surface area contributed by atoms with E-state index < -0.39 is 23.8 Å². The quantitative estimate of drug-likeness (QED) is 0.181. The van der Waals surface area contributed by atoms with Crippen LogP contribution in [0.3, 0.4) is 0 Å². The lowest BCUT2D eigenvalue weighted by molar-refractivity contribution is -0.145. The summed E-state index contributed by atoms with van der Waals surface area (Å²) in [6.45, 7) is 3.85. The molecule has 1 aliphatic heterocycles. The Kier molecular flexibility index (Phi) is 9.45. The fourth-order valence-corrected chi connectivity index (χ4v) is 5.20. The van der Waals surface area contributed by atoms with Crippen LogP contribution in [0.5, 0.6) is 23.3 Å². The van der Waals surface area contributed by atoms with Crippen LogP contribution >= 0.6 is 11.3 Å². The van der Waals surface area contributed by atoms with Crippen molar-refractivity contribution in [2.75, 3.05) is 20.3 Å². The van der Waals surface area contributed by atoms with Crippen LogP contribution in [0, 0.1) is 11.8 Å². The zero-order valence-corrected chi connectivity index (χ0v) is 24.1. The van der Waals surface area contributed by atoms with E-state index in [2.05, 4.69) is 9.97 Å². The SMILES string of the molecule is COc1cc2c(nc1OCCCOc1nc3cc(C(=O)CC(C)C(=O)O)sc3cc1O)CN(C(=O)CC(C)C(=O)O)C2. The fraction of sp³-hybridized carbons (Fsp3) is 0.429. The van der Waals surface area contributed by atoms with E-state index in [1.165, 1.54) is 27.0 Å². The summed E-state index contributed by atoms with van der Waals surface area (Å²) in [6, 6.07) is 4.76. The second-order valence-corrected chi connectivity index (χ2v) is 11.1. The number of ether oxygens (including phenoxy) is 3. The first-order chi connectivity index (χ1) is 20.0. The second-order valence-electron chi connectivity index (χ2n) is 10.0. The number of carbonyl (C=O) groups excluding carboxylic acids is 2. The van der Waals surface area contributed by atoms with Crippen LogP contribution in [0.1, 0.15) is 54.0 Å².